The van der Waals surface area contributed by atoms with E-state index in [1.54, 1.807) is 11.0 Å². The van der Waals surface area contributed by atoms with Gasteiger partial charge in [0.25, 0.3) is 5.91 Å². The SMILES string of the molecule is Cc1ccc(C[C@H](NC(=O)OC[C@H]2[C@H]3C[C@H]3CN2C(=O)/C(C#N)=C\C2(C)CCOCC2)B(O)O)cc1. The first kappa shape index (κ1) is 26.2. The fourth-order valence-electron chi connectivity index (χ4n) is 5.21. The molecule has 2 aliphatic heterocycles. The van der Waals surface area contributed by atoms with E-state index in [1.807, 2.05) is 38.1 Å². The van der Waals surface area contributed by atoms with Crippen molar-refractivity contribution in [3.8, 4) is 6.07 Å². The molecule has 192 valence electrons. The molecule has 1 aromatic carbocycles. The summed E-state index contributed by atoms with van der Waals surface area (Å²) in [6, 6.07) is 9.35. The van der Waals surface area contributed by atoms with Crippen LogP contribution in [0.15, 0.2) is 35.9 Å². The third kappa shape index (κ3) is 6.27. The largest absolute Gasteiger partial charge is 0.475 e. The number of piperidine rings is 1. The van der Waals surface area contributed by atoms with Crippen molar-refractivity contribution >= 4 is 19.1 Å². The third-order valence-electron chi connectivity index (χ3n) is 7.67. The van der Waals surface area contributed by atoms with E-state index < -0.39 is 19.2 Å². The number of hydrogen-bond donors (Lipinski definition) is 3. The molecule has 0 bridgehead atoms. The van der Waals surface area contributed by atoms with E-state index in [9.17, 15) is 24.9 Å². The molecule has 36 heavy (non-hydrogen) atoms. The van der Waals surface area contributed by atoms with Crippen molar-refractivity contribution < 1.29 is 29.1 Å². The maximum Gasteiger partial charge on any atom is 0.475 e. The van der Waals surface area contributed by atoms with Crippen LogP contribution in [0.4, 0.5) is 4.79 Å². The standard InChI is InChI=1S/C26H34BN3O6/c1-17-3-5-18(6-4-17)11-23(27(33)34)29-25(32)36-16-22-21-12-19(21)15-30(22)24(31)20(14-28)13-26(2)7-9-35-10-8-26/h3-6,13,19,21-23,33-34H,7-12,15-16H2,1-2H3,(H,29,32)/b20-13-/t19-,21-,22-,23-/m0/s1. The van der Waals surface area contributed by atoms with Gasteiger partial charge in [0, 0.05) is 19.8 Å². The number of carbonyl (C=O) groups excluding carboxylic acids is 2. The average molecular weight is 495 g/mol. The molecule has 10 heteroatoms. The number of benzene rings is 1. The lowest BCUT2D eigenvalue weighted by atomic mass is 9.76. The summed E-state index contributed by atoms with van der Waals surface area (Å²) in [6.07, 6.45) is 3.71. The molecule has 4 rings (SSSR count). The second-order valence-electron chi connectivity index (χ2n) is 10.6. The van der Waals surface area contributed by atoms with Gasteiger partial charge in [-0.05, 0) is 55.4 Å². The number of alkyl carbamates (subject to hydrolysis) is 1. The van der Waals surface area contributed by atoms with Gasteiger partial charge in [0.1, 0.15) is 18.2 Å². The van der Waals surface area contributed by atoms with E-state index in [4.69, 9.17) is 9.47 Å². The monoisotopic (exact) mass is 495 g/mol. The molecule has 0 radical (unpaired) electrons. The van der Waals surface area contributed by atoms with Gasteiger partial charge >= 0.3 is 13.2 Å². The normalized spacial score (nSPS) is 25.4. The zero-order chi connectivity index (χ0) is 25.9. The van der Waals surface area contributed by atoms with E-state index >= 15 is 0 Å². The van der Waals surface area contributed by atoms with Gasteiger partial charge in [-0.25, -0.2) is 4.79 Å². The topological polar surface area (TPSA) is 132 Å². The number of likely N-dealkylation sites (tertiary alicyclic amines) is 1. The van der Waals surface area contributed by atoms with Crippen LogP contribution >= 0.6 is 0 Å². The molecule has 0 spiro atoms. The fraction of sp³-hybridized carbons (Fsp3) is 0.577. The summed E-state index contributed by atoms with van der Waals surface area (Å²) in [6.45, 7) is 5.74. The number of fused-ring (bicyclic) bond motifs is 1. The highest BCUT2D eigenvalue weighted by Crippen LogP contribution is 2.50. The minimum Gasteiger partial charge on any atom is -0.447 e. The molecule has 3 fully saturated rings. The number of aryl methyl sites for hydroxylation is 1. The fourth-order valence-corrected chi connectivity index (χ4v) is 5.21. The Morgan fingerprint density at radius 2 is 2.03 bits per heavy atom. The van der Waals surface area contributed by atoms with Crippen LogP contribution in [-0.4, -0.2) is 72.4 Å². The van der Waals surface area contributed by atoms with E-state index in [2.05, 4.69) is 11.4 Å². The van der Waals surface area contributed by atoms with Crippen molar-refractivity contribution in [2.75, 3.05) is 26.4 Å². The highest BCUT2D eigenvalue weighted by atomic mass is 16.5. The molecule has 3 N–H and O–H groups in total. The van der Waals surface area contributed by atoms with E-state index in [-0.39, 0.29) is 41.9 Å². The molecule has 1 saturated carbocycles. The summed E-state index contributed by atoms with van der Waals surface area (Å²) in [4.78, 5) is 27.5. The number of nitriles is 1. The van der Waals surface area contributed by atoms with Crippen molar-refractivity contribution in [1.82, 2.24) is 10.2 Å². The van der Waals surface area contributed by atoms with Crippen LogP contribution in [0.3, 0.4) is 0 Å². The van der Waals surface area contributed by atoms with Crippen LogP contribution in [0, 0.1) is 35.5 Å². The molecule has 9 nitrogen and oxygen atoms in total. The first-order valence-electron chi connectivity index (χ1n) is 12.6. The molecule has 0 unspecified atom stereocenters. The zero-order valence-corrected chi connectivity index (χ0v) is 20.9. The molecule has 3 aliphatic rings. The van der Waals surface area contributed by atoms with Crippen LogP contribution in [0.25, 0.3) is 0 Å². The quantitative estimate of drug-likeness (QED) is 0.285. The van der Waals surface area contributed by atoms with E-state index in [1.165, 1.54) is 0 Å². The Balaban J connectivity index is 1.36. The summed E-state index contributed by atoms with van der Waals surface area (Å²) in [5.74, 6) is -0.664. The summed E-state index contributed by atoms with van der Waals surface area (Å²) in [5, 5.41) is 31.8. The van der Waals surface area contributed by atoms with Gasteiger partial charge in [0.2, 0.25) is 0 Å². The number of ether oxygens (including phenoxy) is 2. The highest BCUT2D eigenvalue weighted by molar-refractivity contribution is 6.43. The molecule has 2 saturated heterocycles. The molecule has 2 heterocycles. The van der Waals surface area contributed by atoms with Crippen molar-refractivity contribution in [1.29, 1.82) is 5.26 Å². The lowest BCUT2D eigenvalue weighted by Crippen LogP contribution is -2.49. The second-order valence-corrected chi connectivity index (χ2v) is 10.6. The molecular formula is C26H34BN3O6. The Bertz CT molecular complexity index is 1030. The minimum absolute atomic E-state index is 0.0126. The summed E-state index contributed by atoms with van der Waals surface area (Å²) >= 11 is 0. The molecule has 4 atom stereocenters. The Morgan fingerprint density at radius 3 is 2.67 bits per heavy atom. The van der Waals surface area contributed by atoms with Gasteiger partial charge in [-0.15, -0.1) is 0 Å². The van der Waals surface area contributed by atoms with Crippen LogP contribution < -0.4 is 5.32 Å². The molecule has 1 aromatic rings. The van der Waals surface area contributed by atoms with Gasteiger partial charge in [0.15, 0.2) is 0 Å². The molecule has 1 aliphatic carbocycles. The molecule has 2 amide bonds. The Labute approximate surface area is 212 Å². The van der Waals surface area contributed by atoms with Gasteiger partial charge in [-0.2, -0.15) is 5.26 Å². The van der Waals surface area contributed by atoms with E-state index in [0.29, 0.717) is 25.7 Å². The lowest BCUT2D eigenvalue weighted by molar-refractivity contribution is -0.129. The van der Waals surface area contributed by atoms with Crippen molar-refractivity contribution in [2.45, 2.75) is 51.5 Å². The van der Waals surface area contributed by atoms with Crippen LogP contribution in [0.5, 0.6) is 0 Å². The number of allylic oxidation sites excluding steroid dienone is 1. The number of nitrogens with one attached hydrogen (secondary N) is 1. The maximum atomic E-state index is 13.3. The smallest absolute Gasteiger partial charge is 0.447 e. The third-order valence-corrected chi connectivity index (χ3v) is 7.67. The maximum absolute atomic E-state index is 13.3. The Hall–Kier alpha value is -2.87. The number of hydrogen-bond acceptors (Lipinski definition) is 7. The highest BCUT2D eigenvalue weighted by Gasteiger charge is 2.54. The van der Waals surface area contributed by atoms with Crippen molar-refractivity contribution in [2.24, 2.45) is 17.3 Å². The average Bonchev–Trinajstić information content (AvgIpc) is 3.53. The van der Waals surface area contributed by atoms with Gasteiger partial charge in [0.05, 0.1) is 12.0 Å². The number of carbonyl (C=O) groups is 2. The summed E-state index contributed by atoms with van der Waals surface area (Å²) in [7, 11) is -1.76. The summed E-state index contributed by atoms with van der Waals surface area (Å²) < 4.78 is 10.9. The Morgan fingerprint density at radius 1 is 1.33 bits per heavy atom. The van der Waals surface area contributed by atoms with Gasteiger partial charge in [-0.1, -0.05) is 42.8 Å². The van der Waals surface area contributed by atoms with Crippen molar-refractivity contribution in [3.63, 3.8) is 0 Å². The van der Waals surface area contributed by atoms with Crippen molar-refractivity contribution in [3.05, 3.63) is 47.0 Å². The molecular weight excluding hydrogens is 461 g/mol. The zero-order valence-electron chi connectivity index (χ0n) is 20.9. The van der Waals surface area contributed by atoms with Gasteiger partial charge in [-0.3, -0.25) is 4.79 Å². The summed E-state index contributed by atoms with van der Waals surface area (Å²) in [5.41, 5.74) is 1.79. The van der Waals surface area contributed by atoms with E-state index in [0.717, 1.165) is 30.4 Å². The first-order valence-corrected chi connectivity index (χ1v) is 12.6. The second kappa shape index (κ2) is 11.0. The first-order chi connectivity index (χ1) is 17.2. The van der Waals surface area contributed by atoms with Crippen LogP contribution in [-0.2, 0) is 20.7 Å². The lowest BCUT2D eigenvalue weighted by Gasteiger charge is -2.32. The number of nitrogens with zero attached hydrogens (tertiary/aromatic N) is 2. The minimum atomic E-state index is -1.76. The predicted octanol–water partition coefficient (Wildman–Crippen LogP) is 1.76. The Kier molecular flexibility index (Phi) is 8.03. The molecule has 0 aromatic heterocycles. The predicted molar refractivity (Wildman–Crippen MR) is 132 cm³/mol. The number of rotatable bonds is 8. The number of amides is 2. The van der Waals surface area contributed by atoms with Gasteiger partial charge < -0.3 is 29.7 Å². The van der Waals surface area contributed by atoms with Crippen LogP contribution in [0.2, 0.25) is 0 Å². The van der Waals surface area contributed by atoms with Crippen LogP contribution in [0.1, 0.15) is 37.3 Å².